The first-order valence-corrected chi connectivity index (χ1v) is 11.8. The molecule has 1 aromatic heterocycles. The van der Waals surface area contributed by atoms with E-state index >= 15 is 0 Å². The van der Waals surface area contributed by atoms with Crippen molar-refractivity contribution in [1.29, 1.82) is 0 Å². The van der Waals surface area contributed by atoms with E-state index in [9.17, 15) is 14.4 Å². The molecule has 1 heterocycles. The molecule has 0 aliphatic heterocycles. The van der Waals surface area contributed by atoms with Crippen molar-refractivity contribution >= 4 is 17.7 Å². The molecule has 0 bridgehead atoms. The average Bonchev–Trinajstić information content (AvgIpc) is 3.55. The Morgan fingerprint density at radius 1 is 1.11 bits per heavy atom. The van der Waals surface area contributed by atoms with E-state index in [0.717, 1.165) is 16.9 Å². The summed E-state index contributed by atoms with van der Waals surface area (Å²) in [6.07, 6.45) is 3.25. The van der Waals surface area contributed by atoms with E-state index in [-0.39, 0.29) is 30.1 Å². The number of benzene rings is 1. The summed E-state index contributed by atoms with van der Waals surface area (Å²) < 4.78 is 16.6. The number of amides is 2. The number of aromatic amines is 1. The molecule has 1 saturated carbocycles. The number of H-pyrrole nitrogens is 1. The Labute approximate surface area is 205 Å². The number of carbonyl (C=O) groups excluding carboxylic acids is 2. The SMILES string of the molecule is Cc1cc(OCC2CC2)cc(C)c1C(=O)Nc1c[nH]c(OC[C@H](C)NC(=O)OC(C)(C)C)cc1=O. The molecule has 0 unspecified atom stereocenters. The first-order chi connectivity index (χ1) is 16.4. The number of aryl methyl sites for hydroxylation is 2. The summed E-state index contributed by atoms with van der Waals surface area (Å²) in [5.41, 5.74) is 1.16. The fourth-order valence-electron chi connectivity index (χ4n) is 3.45. The van der Waals surface area contributed by atoms with E-state index < -0.39 is 17.1 Å². The highest BCUT2D eigenvalue weighted by molar-refractivity contribution is 6.06. The molecule has 0 spiro atoms. The van der Waals surface area contributed by atoms with Crippen LogP contribution in [0.5, 0.6) is 11.6 Å². The molecule has 1 aromatic carbocycles. The van der Waals surface area contributed by atoms with Crippen LogP contribution in [0.15, 0.2) is 29.2 Å². The Bertz CT molecular complexity index is 1110. The van der Waals surface area contributed by atoms with E-state index in [4.69, 9.17) is 14.2 Å². The summed E-state index contributed by atoms with van der Waals surface area (Å²) in [5, 5.41) is 5.34. The topological polar surface area (TPSA) is 119 Å². The molecule has 2 aromatic rings. The number of anilines is 1. The molecule has 1 atom stereocenters. The second-order valence-electron chi connectivity index (χ2n) is 10.1. The van der Waals surface area contributed by atoms with Gasteiger partial charge in [-0.05, 0) is 83.6 Å². The van der Waals surface area contributed by atoms with E-state index in [0.29, 0.717) is 18.1 Å². The lowest BCUT2D eigenvalue weighted by atomic mass is 10.0. The van der Waals surface area contributed by atoms with Crippen LogP contribution in [-0.2, 0) is 4.74 Å². The Morgan fingerprint density at radius 2 is 1.77 bits per heavy atom. The summed E-state index contributed by atoms with van der Waals surface area (Å²) in [6.45, 7) is 11.6. The van der Waals surface area contributed by atoms with Gasteiger partial charge in [-0.2, -0.15) is 0 Å². The molecule has 2 amide bonds. The maximum Gasteiger partial charge on any atom is 0.407 e. The van der Waals surface area contributed by atoms with Gasteiger partial charge >= 0.3 is 6.09 Å². The molecule has 0 radical (unpaired) electrons. The van der Waals surface area contributed by atoms with Crippen molar-refractivity contribution in [3.63, 3.8) is 0 Å². The fraction of sp³-hybridized carbons (Fsp3) is 0.500. The van der Waals surface area contributed by atoms with Crippen LogP contribution in [-0.4, -0.2) is 41.8 Å². The third-order valence-corrected chi connectivity index (χ3v) is 5.30. The number of hydrogen-bond acceptors (Lipinski definition) is 6. The predicted octanol–water partition coefficient (Wildman–Crippen LogP) is 4.32. The van der Waals surface area contributed by atoms with Crippen molar-refractivity contribution < 1.29 is 23.8 Å². The van der Waals surface area contributed by atoms with Gasteiger partial charge in [0.2, 0.25) is 5.43 Å². The Balaban J connectivity index is 1.57. The molecular formula is C26H35N3O6. The maximum absolute atomic E-state index is 12.9. The minimum Gasteiger partial charge on any atom is -0.493 e. The van der Waals surface area contributed by atoms with Crippen LogP contribution in [0.3, 0.4) is 0 Å². The minimum absolute atomic E-state index is 0.107. The first kappa shape index (κ1) is 26.1. The second-order valence-corrected chi connectivity index (χ2v) is 10.1. The Kier molecular flexibility index (Phi) is 8.09. The largest absolute Gasteiger partial charge is 0.493 e. The molecule has 35 heavy (non-hydrogen) atoms. The molecule has 1 aliphatic rings. The molecule has 1 fully saturated rings. The van der Waals surface area contributed by atoms with Crippen LogP contribution in [0, 0.1) is 19.8 Å². The summed E-state index contributed by atoms with van der Waals surface area (Å²) >= 11 is 0. The zero-order valence-electron chi connectivity index (χ0n) is 21.2. The van der Waals surface area contributed by atoms with Gasteiger partial charge in [0.1, 0.15) is 23.6 Å². The zero-order valence-corrected chi connectivity index (χ0v) is 21.2. The zero-order chi connectivity index (χ0) is 25.8. The number of hydrogen-bond donors (Lipinski definition) is 3. The van der Waals surface area contributed by atoms with Gasteiger partial charge in [-0.15, -0.1) is 0 Å². The number of nitrogens with one attached hydrogen (secondary N) is 3. The average molecular weight is 486 g/mol. The molecule has 9 heteroatoms. The molecule has 3 N–H and O–H groups in total. The third kappa shape index (κ3) is 8.05. The molecule has 9 nitrogen and oxygen atoms in total. The lowest BCUT2D eigenvalue weighted by Crippen LogP contribution is -2.40. The van der Waals surface area contributed by atoms with Crippen LogP contribution in [0.1, 0.15) is 62.0 Å². The van der Waals surface area contributed by atoms with E-state index in [2.05, 4.69) is 15.6 Å². The molecule has 190 valence electrons. The number of rotatable bonds is 9. The van der Waals surface area contributed by atoms with Crippen LogP contribution >= 0.6 is 0 Å². The van der Waals surface area contributed by atoms with Gasteiger partial charge in [-0.3, -0.25) is 9.59 Å². The smallest absolute Gasteiger partial charge is 0.407 e. The third-order valence-electron chi connectivity index (χ3n) is 5.30. The number of ether oxygens (including phenoxy) is 3. The van der Waals surface area contributed by atoms with Crippen molar-refractivity contribution in [2.75, 3.05) is 18.5 Å². The maximum atomic E-state index is 12.9. The summed E-state index contributed by atoms with van der Waals surface area (Å²) in [5.74, 6) is 1.23. The van der Waals surface area contributed by atoms with Crippen LogP contribution in [0.2, 0.25) is 0 Å². The van der Waals surface area contributed by atoms with Crippen molar-refractivity contribution in [3.8, 4) is 11.6 Å². The monoisotopic (exact) mass is 485 g/mol. The van der Waals surface area contributed by atoms with E-state index in [1.54, 1.807) is 27.7 Å². The summed E-state index contributed by atoms with van der Waals surface area (Å²) in [6, 6.07) is 4.59. The highest BCUT2D eigenvalue weighted by Crippen LogP contribution is 2.30. The van der Waals surface area contributed by atoms with Crippen LogP contribution in [0.25, 0.3) is 0 Å². The Morgan fingerprint density at radius 3 is 2.34 bits per heavy atom. The number of aromatic nitrogens is 1. The van der Waals surface area contributed by atoms with E-state index in [1.165, 1.54) is 25.1 Å². The van der Waals surface area contributed by atoms with Gasteiger partial charge in [0.25, 0.3) is 5.91 Å². The lowest BCUT2D eigenvalue weighted by Gasteiger charge is -2.22. The van der Waals surface area contributed by atoms with Gasteiger partial charge in [-0.1, -0.05) is 0 Å². The molecule has 1 aliphatic carbocycles. The normalized spacial score (nSPS) is 14.1. The van der Waals surface area contributed by atoms with Crippen LogP contribution < -0.4 is 25.5 Å². The van der Waals surface area contributed by atoms with Crippen molar-refractivity contribution in [2.45, 2.75) is 66.0 Å². The first-order valence-electron chi connectivity index (χ1n) is 11.8. The molecule has 0 saturated heterocycles. The van der Waals surface area contributed by atoms with Crippen molar-refractivity contribution in [2.24, 2.45) is 5.92 Å². The quantitative estimate of drug-likeness (QED) is 0.487. The van der Waals surface area contributed by atoms with Gasteiger partial charge in [-0.25, -0.2) is 4.79 Å². The van der Waals surface area contributed by atoms with Gasteiger partial charge in [0, 0.05) is 17.8 Å². The van der Waals surface area contributed by atoms with E-state index in [1.807, 2.05) is 26.0 Å². The van der Waals surface area contributed by atoms with Crippen molar-refractivity contribution in [3.05, 3.63) is 51.3 Å². The lowest BCUT2D eigenvalue weighted by molar-refractivity contribution is 0.0493. The number of carbonyl (C=O) groups is 2. The summed E-state index contributed by atoms with van der Waals surface area (Å²) in [7, 11) is 0. The molecule has 3 rings (SSSR count). The number of pyridine rings is 1. The van der Waals surface area contributed by atoms with Gasteiger partial charge < -0.3 is 29.8 Å². The second kappa shape index (κ2) is 10.8. The minimum atomic E-state index is -0.598. The predicted molar refractivity (Wildman–Crippen MR) is 133 cm³/mol. The highest BCUT2D eigenvalue weighted by Gasteiger charge is 2.23. The highest BCUT2D eigenvalue weighted by atomic mass is 16.6. The van der Waals surface area contributed by atoms with Gasteiger partial charge in [0.15, 0.2) is 5.88 Å². The van der Waals surface area contributed by atoms with Crippen LogP contribution in [0.4, 0.5) is 10.5 Å². The number of alkyl carbamates (subject to hydrolysis) is 1. The van der Waals surface area contributed by atoms with Crippen molar-refractivity contribution in [1.82, 2.24) is 10.3 Å². The summed E-state index contributed by atoms with van der Waals surface area (Å²) in [4.78, 5) is 40.1. The Hall–Kier alpha value is -3.49. The van der Waals surface area contributed by atoms with Gasteiger partial charge in [0.05, 0.1) is 12.6 Å². The molecular weight excluding hydrogens is 450 g/mol. The standard InChI is InChI=1S/C26H35N3O6/c1-15-9-19(33-14-18-7-8-18)10-16(2)23(15)24(31)29-20-12-27-22(11-21(20)30)34-13-17(3)28-25(32)35-26(4,5)6/h9-12,17-18H,7-8,13-14H2,1-6H3,(H,27,30)(H,28,32)(H,29,31)/t17-/m0/s1. The fourth-order valence-corrected chi connectivity index (χ4v) is 3.45.